The van der Waals surface area contributed by atoms with E-state index in [-0.39, 0.29) is 10.7 Å². The Morgan fingerprint density at radius 3 is 2.38 bits per heavy atom. The van der Waals surface area contributed by atoms with Gasteiger partial charge in [0.05, 0.1) is 17.8 Å². The van der Waals surface area contributed by atoms with Gasteiger partial charge in [-0.3, -0.25) is 0 Å². The summed E-state index contributed by atoms with van der Waals surface area (Å²) in [7, 11) is 1.58. The Hall–Kier alpha value is -2.01. The van der Waals surface area contributed by atoms with Gasteiger partial charge in [-0.15, -0.1) is 0 Å². The van der Waals surface area contributed by atoms with Gasteiger partial charge in [0, 0.05) is 12.6 Å². The van der Waals surface area contributed by atoms with Gasteiger partial charge in [-0.25, -0.2) is 8.78 Å². The molecular formula is C15H14ClF2NO2. The molecule has 0 unspecified atom stereocenters. The van der Waals surface area contributed by atoms with Crippen LogP contribution in [0.5, 0.6) is 11.5 Å². The second-order valence-corrected chi connectivity index (χ2v) is 4.60. The van der Waals surface area contributed by atoms with Gasteiger partial charge in [-0.1, -0.05) is 11.6 Å². The lowest BCUT2D eigenvalue weighted by atomic mass is 10.3. The van der Waals surface area contributed by atoms with Crippen molar-refractivity contribution in [1.29, 1.82) is 0 Å². The van der Waals surface area contributed by atoms with Crippen LogP contribution in [0.4, 0.5) is 14.5 Å². The fourth-order valence-electron chi connectivity index (χ4n) is 1.73. The summed E-state index contributed by atoms with van der Waals surface area (Å²) in [5.41, 5.74) is 0.0661. The summed E-state index contributed by atoms with van der Waals surface area (Å²) in [4.78, 5) is 0. The molecule has 21 heavy (non-hydrogen) atoms. The minimum atomic E-state index is -0.732. The van der Waals surface area contributed by atoms with Gasteiger partial charge in [-0.2, -0.15) is 0 Å². The summed E-state index contributed by atoms with van der Waals surface area (Å²) in [6.07, 6.45) is 0. The molecule has 0 bridgehead atoms. The topological polar surface area (TPSA) is 30.5 Å². The van der Waals surface area contributed by atoms with Gasteiger partial charge < -0.3 is 14.8 Å². The molecule has 0 atom stereocenters. The maximum Gasteiger partial charge on any atom is 0.150 e. The summed E-state index contributed by atoms with van der Waals surface area (Å²) in [5, 5.41) is 2.78. The van der Waals surface area contributed by atoms with Crippen molar-refractivity contribution in [1.82, 2.24) is 0 Å². The zero-order valence-electron chi connectivity index (χ0n) is 11.3. The van der Waals surface area contributed by atoms with Crippen LogP contribution in [-0.2, 0) is 0 Å². The third-order valence-corrected chi connectivity index (χ3v) is 3.04. The monoisotopic (exact) mass is 313 g/mol. The van der Waals surface area contributed by atoms with Crippen LogP contribution in [-0.4, -0.2) is 20.3 Å². The second kappa shape index (κ2) is 7.13. The Morgan fingerprint density at radius 2 is 1.76 bits per heavy atom. The molecule has 1 N–H and O–H groups in total. The largest absolute Gasteiger partial charge is 0.497 e. The molecule has 2 aromatic carbocycles. The molecule has 3 nitrogen and oxygen atoms in total. The Labute approximate surface area is 126 Å². The van der Waals surface area contributed by atoms with Crippen LogP contribution in [0.25, 0.3) is 0 Å². The molecular weight excluding hydrogens is 300 g/mol. The van der Waals surface area contributed by atoms with Crippen molar-refractivity contribution in [2.75, 3.05) is 25.6 Å². The summed E-state index contributed by atoms with van der Waals surface area (Å²) in [5.74, 6) is -0.0362. The van der Waals surface area contributed by atoms with Crippen LogP contribution in [0.1, 0.15) is 0 Å². The van der Waals surface area contributed by atoms with E-state index >= 15 is 0 Å². The molecule has 0 aliphatic heterocycles. The maximum absolute atomic E-state index is 13.5. The van der Waals surface area contributed by atoms with Crippen LogP contribution in [0.15, 0.2) is 36.4 Å². The lowest BCUT2D eigenvalue weighted by Crippen LogP contribution is -2.12. The summed E-state index contributed by atoms with van der Waals surface area (Å²) in [6, 6.07) is 8.92. The predicted molar refractivity (Wildman–Crippen MR) is 78.3 cm³/mol. The van der Waals surface area contributed by atoms with Crippen molar-refractivity contribution < 1.29 is 18.3 Å². The molecule has 0 spiro atoms. The lowest BCUT2D eigenvalue weighted by molar-refractivity contribution is 0.331. The molecule has 0 amide bonds. The molecule has 6 heteroatoms. The van der Waals surface area contributed by atoms with Gasteiger partial charge >= 0.3 is 0 Å². The molecule has 112 valence electrons. The average Bonchev–Trinajstić information content (AvgIpc) is 2.46. The number of hydrogen-bond acceptors (Lipinski definition) is 3. The number of methoxy groups -OCH3 is 1. The van der Waals surface area contributed by atoms with Crippen molar-refractivity contribution in [3.63, 3.8) is 0 Å². The smallest absolute Gasteiger partial charge is 0.150 e. The number of hydrogen-bond donors (Lipinski definition) is 1. The number of anilines is 1. The third kappa shape index (κ3) is 4.23. The number of benzene rings is 2. The number of nitrogens with one attached hydrogen (secondary N) is 1. The number of ether oxygens (including phenoxy) is 2. The summed E-state index contributed by atoms with van der Waals surface area (Å²) >= 11 is 5.77. The van der Waals surface area contributed by atoms with Gasteiger partial charge in [0.25, 0.3) is 0 Å². The Morgan fingerprint density at radius 1 is 1.10 bits per heavy atom. The fraction of sp³-hybridized carbons (Fsp3) is 0.200. The van der Waals surface area contributed by atoms with Crippen molar-refractivity contribution in [2.45, 2.75) is 0 Å². The fourth-order valence-corrected chi connectivity index (χ4v) is 1.99. The standard InChI is InChI=1S/C15H14ClF2NO2/c1-20-11-2-4-12(5-3-11)21-7-6-19-15-13(16)8-10(17)9-14(15)18/h2-5,8-9,19H,6-7H2,1H3. The van der Waals surface area contributed by atoms with Gasteiger partial charge in [-0.05, 0) is 30.3 Å². The molecule has 0 aromatic heterocycles. The van der Waals surface area contributed by atoms with Gasteiger partial charge in [0.1, 0.15) is 23.9 Å². The van der Waals surface area contributed by atoms with Crippen molar-refractivity contribution >= 4 is 17.3 Å². The second-order valence-electron chi connectivity index (χ2n) is 4.20. The van der Waals surface area contributed by atoms with Crippen molar-refractivity contribution in [3.05, 3.63) is 53.1 Å². The van der Waals surface area contributed by atoms with Gasteiger partial charge in [0.2, 0.25) is 0 Å². The molecule has 0 heterocycles. The van der Waals surface area contributed by atoms with E-state index in [2.05, 4.69) is 5.32 Å². The normalized spacial score (nSPS) is 10.3. The predicted octanol–water partition coefficient (Wildman–Crippen LogP) is 4.12. The first-order valence-electron chi connectivity index (χ1n) is 6.25. The quantitative estimate of drug-likeness (QED) is 0.814. The highest BCUT2D eigenvalue weighted by Gasteiger charge is 2.09. The summed E-state index contributed by atoms with van der Waals surface area (Å²) < 4.78 is 36.9. The van der Waals surface area contributed by atoms with Crippen molar-refractivity contribution in [3.8, 4) is 11.5 Å². The number of rotatable bonds is 6. The molecule has 0 fully saturated rings. The van der Waals surface area contributed by atoms with Crippen LogP contribution in [0.2, 0.25) is 5.02 Å². The van der Waals surface area contributed by atoms with Crippen molar-refractivity contribution in [2.24, 2.45) is 0 Å². The van der Waals surface area contributed by atoms with E-state index in [9.17, 15) is 8.78 Å². The van der Waals surface area contributed by atoms with E-state index in [1.54, 1.807) is 31.4 Å². The highest BCUT2D eigenvalue weighted by Crippen LogP contribution is 2.26. The highest BCUT2D eigenvalue weighted by atomic mass is 35.5. The minimum Gasteiger partial charge on any atom is -0.497 e. The minimum absolute atomic E-state index is 0.00283. The molecule has 2 rings (SSSR count). The van der Waals surface area contributed by atoms with E-state index in [1.165, 1.54) is 0 Å². The van der Waals surface area contributed by atoms with Crippen LogP contribution in [0.3, 0.4) is 0 Å². The maximum atomic E-state index is 13.5. The van der Waals surface area contributed by atoms with Crippen LogP contribution in [0, 0.1) is 11.6 Å². The Balaban J connectivity index is 1.84. The number of halogens is 3. The first kappa shape index (κ1) is 15.4. The summed E-state index contributed by atoms with van der Waals surface area (Å²) in [6.45, 7) is 0.633. The molecule has 0 aliphatic carbocycles. The van der Waals surface area contributed by atoms with Crippen LogP contribution >= 0.6 is 11.6 Å². The van der Waals surface area contributed by atoms with E-state index in [1.807, 2.05) is 0 Å². The average molecular weight is 314 g/mol. The zero-order chi connectivity index (χ0) is 15.2. The van der Waals surface area contributed by atoms with E-state index in [0.29, 0.717) is 18.9 Å². The Kier molecular flexibility index (Phi) is 5.22. The third-order valence-electron chi connectivity index (χ3n) is 2.74. The molecule has 0 radical (unpaired) electrons. The lowest BCUT2D eigenvalue weighted by Gasteiger charge is -2.11. The molecule has 0 aliphatic rings. The van der Waals surface area contributed by atoms with E-state index in [4.69, 9.17) is 21.1 Å². The Bertz CT molecular complexity index is 582. The van der Waals surface area contributed by atoms with E-state index in [0.717, 1.165) is 17.9 Å². The molecule has 0 saturated carbocycles. The van der Waals surface area contributed by atoms with Crippen LogP contribution < -0.4 is 14.8 Å². The first-order chi connectivity index (χ1) is 10.1. The zero-order valence-corrected chi connectivity index (χ0v) is 12.1. The first-order valence-corrected chi connectivity index (χ1v) is 6.63. The van der Waals surface area contributed by atoms with E-state index < -0.39 is 11.6 Å². The van der Waals surface area contributed by atoms with Gasteiger partial charge in [0.15, 0.2) is 5.82 Å². The highest BCUT2D eigenvalue weighted by molar-refractivity contribution is 6.33. The molecule has 2 aromatic rings. The molecule has 0 saturated heterocycles. The SMILES string of the molecule is COc1ccc(OCCNc2c(F)cc(F)cc2Cl)cc1.